The van der Waals surface area contributed by atoms with Crippen LogP contribution in [-0.4, -0.2) is 87.4 Å². The Balaban J connectivity index is 3.95. The van der Waals surface area contributed by atoms with Crippen LogP contribution in [0.3, 0.4) is 0 Å². The van der Waals surface area contributed by atoms with Crippen molar-refractivity contribution in [2.45, 2.75) is 437 Å². The quantitative estimate of drug-likeness (QED) is 0.0278. The van der Waals surface area contributed by atoms with Crippen molar-refractivity contribution in [1.29, 1.82) is 0 Å². The van der Waals surface area contributed by atoms with E-state index in [2.05, 4.69) is 13.8 Å². The maximum Gasteiger partial charge on any atom is 0.361 e. The maximum absolute atomic E-state index is 13.0. The Kier molecular flexibility index (Phi) is 68.8. The monoisotopic (exact) mass is 1230 g/mol. The molecule has 2 unspecified atom stereocenters. The minimum absolute atomic E-state index is 0.172. The first-order chi connectivity index (χ1) is 42.6. The zero-order valence-electron chi connectivity index (χ0n) is 59.5. The summed E-state index contributed by atoms with van der Waals surface area (Å²) in [4.78, 5) is 37.7. The molecule has 0 radical (unpaired) electrons. The van der Waals surface area contributed by atoms with E-state index in [1.165, 1.54) is 360 Å². The Morgan fingerprint density at radius 3 is 0.736 bits per heavy atom. The Morgan fingerprint density at radius 2 is 0.517 bits per heavy atom. The summed E-state index contributed by atoms with van der Waals surface area (Å²) in [6, 6.07) is 0. The summed E-state index contributed by atoms with van der Waals surface area (Å²) in [5.41, 5.74) is 0. The molecule has 2 atom stereocenters. The number of carboxylic acid groups (broad SMARTS) is 1. The summed E-state index contributed by atoms with van der Waals surface area (Å²) in [7, 11) is 6.00. The summed E-state index contributed by atoms with van der Waals surface area (Å²) >= 11 is 0. The van der Waals surface area contributed by atoms with E-state index < -0.39 is 18.4 Å². The molecular weight excluding hydrogens is 1080 g/mol. The molecule has 87 heavy (non-hydrogen) atoms. The molecule has 0 aromatic carbocycles. The normalized spacial score (nSPS) is 12.5. The molecule has 0 saturated carbocycles. The van der Waals surface area contributed by atoms with E-state index in [0.29, 0.717) is 17.4 Å². The van der Waals surface area contributed by atoms with Gasteiger partial charge in [-0.05, 0) is 12.8 Å². The van der Waals surface area contributed by atoms with Gasteiger partial charge >= 0.3 is 17.9 Å². The van der Waals surface area contributed by atoms with Gasteiger partial charge in [0.05, 0.1) is 34.4 Å². The predicted molar refractivity (Wildman–Crippen MR) is 374 cm³/mol. The summed E-state index contributed by atoms with van der Waals surface area (Å²) in [6.45, 7) is 4.98. The highest BCUT2D eigenvalue weighted by molar-refractivity contribution is 5.71. The number of hydrogen-bond donors (Lipinski definition) is 1. The number of nitrogens with zero attached hydrogens (tertiary/aromatic N) is 1. The summed E-state index contributed by atoms with van der Waals surface area (Å²) < 4.78 is 23.1. The molecule has 0 bridgehead atoms. The van der Waals surface area contributed by atoms with Crippen LogP contribution in [0.1, 0.15) is 425 Å². The van der Waals surface area contributed by atoms with Gasteiger partial charge in [0.15, 0.2) is 6.10 Å². The number of aliphatic carboxylic acids is 1. The van der Waals surface area contributed by atoms with Crippen LogP contribution in [0.25, 0.3) is 0 Å². The first-order valence-electron chi connectivity index (χ1n) is 39.2. The van der Waals surface area contributed by atoms with Crippen LogP contribution in [0.5, 0.6) is 0 Å². The van der Waals surface area contributed by atoms with E-state index in [-0.39, 0.29) is 38.2 Å². The Bertz CT molecular complexity index is 1390. The fraction of sp³-hybridized carbons (Fsp3) is 0.962. The van der Waals surface area contributed by atoms with Gasteiger partial charge in [-0.25, -0.2) is 4.79 Å². The Labute approximate surface area is 543 Å². The molecule has 518 valence electrons. The summed E-state index contributed by atoms with van der Waals surface area (Å²) in [6.07, 6.45) is 82.6. The SMILES string of the molecule is CCCCCCCCCCCCCCCCCCCCCCCCCCCCCCCCCCCCCCC(=O)OC(COC(=O)CCCCCCCCCCCCCCCCCCCCCCCCCCCC)COC(OCC[N+](C)(C)C)C(=O)O. The van der Waals surface area contributed by atoms with E-state index in [0.717, 1.165) is 38.5 Å². The molecule has 0 saturated heterocycles. The molecule has 0 aliphatic carbocycles. The Hall–Kier alpha value is -1.71. The van der Waals surface area contributed by atoms with Crippen molar-refractivity contribution in [1.82, 2.24) is 0 Å². The lowest BCUT2D eigenvalue weighted by Crippen LogP contribution is -2.40. The molecule has 0 aliphatic heterocycles. The fourth-order valence-corrected chi connectivity index (χ4v) is 12.4. The van der Waals surface area contributed by atoms with Crippen LogP contribution in [0.15, 0.2) is 0 Å². The third-order valence-corrected chi connectivity index (χ3v) is 18.4. The largest absolute Gasteiger partial charge is 0.477 e. The van der Waals surface area contributed by atoms with Crippen LogP contribution in [-0.2, 0) is 33.3 Å². The van der Waals surface area contributed by atoms with Crippen molar-refractivity contribution < 1.29 is 42.9 Å². The van der Waals surface area contributed by atoms with E-state index in [1.54, 1.807) is 0 Å². The average molecular weight is 1230 g/mol. The van der Waals surface area contributed by atoms with Gasteiger partial charge in [0.25, 0.3) is 6.29 Å². The van der Waals surface area contributed by atoms with Crippen LogP contribution < -0.4 is 0 Å². The van der Waals surface area contributed by atoms with Crippen molar-refractivity contribution in [3.63, 3.8) is 0 Å². The Morgan fingerprint density at radius 1 is 0.299 bits per heavy atom. The molecule has 0 rings (SSSR count). The molecule has 0 aromatic rings. The number of quaternary nitrogens is 1. The van der Waals surface area contributed by atoms with Gasteiger partial charge in [0, 0.05) is 12.8 Å². The van der Waals surface area contributed by atoms with E-state index in [4.69, 9.17) is 18.9 Å². The topological polar surface area (TPSA) is 108 Å². The molecule has 1 N–H and O–H groups in total. The zero-order valence-corrected chi connectivity index (χ0v) is 59.5. The molecule has 0 heterocycles. The van der Waals surface area contributed by atoms with Gasteiger partial charge < -0.3 is 28.5 Å². The molecule has 9 nitrogen and oxygen atoms in total. The summed E-state index contributed by atoms with van der Waals surface area (Å²) in [5.74, 6) is -1.96. The minimum Gasteiger partial charge on any atom is -0.477 e. The van der Waals surface area contributed by atoms with Gasteiger partial charge in [-0.15, -0.1) is 0 Å². The number of rotatable bonds is 75. The number of likely N-dealkylation sites (N-methyl/N-ethyl adjacent to an activating group) is 1. The lowest BCUT2D eigenvalue weighted by atomic mass is 10.0. The van der Waals surface area contributed by atoms with Crippen molar-refractivity contribution >= 4 is 17.9 Å². The highest BCUT2D eigenvalue weighted by Crippen LogP contribution is 2.21. The highest BCUT2D eigenvalue weighted by Gasteiger charge is 2.25. The second kappa shape index (κ2) is 70.2. The van der Waals surface area contributed by atoms with E-state index >= 15 is 0 Å². The van der Waals surface area contributed by atoms with Crippen molar-refractivity contribution in [3.8, 4) is 0 Å². The van der Waals surface area contributed by atoms with E-state index in [9.17, 15) is 19.5 Å². The maximum atomic E-state index is 13.0. The predicted octanol–water partition coefficient (Wildman–Crippen LogP) is 24.6. The molecular formula is C78H154NO8+. The van der Waals surface area contributed by atoms with Gasteiger partial charge in [0.2, 0.25) is 0 Å². The molecule has 0 amide bonds. The molecule has 9 heteroatoms. The van der Waals surface area contributed by atoms with Gasteiger partial charge in [-0.1, -0.05) is 399 Å². The lowest BCUT2D eigenvalue weighted by Gasteiger charge is -2.25. The first kappa shape index (κ1) is 85.3. The van der Waals surface area contributed by atoms with Crippen molar-refractivity contribution in [2.24, 2.45) is 0 Å². The number of esters is 2. The number of carbonyl (C=O) groups excluding carboxylic acids is 2. The first-order valence-corrected chi connectivity index (χ1v) is 39.2. The number of carboxylic acids is 1. The van der Waals surface area contributed by atoms with Gasteiger partial charge in [0.1, 0.15) is 13.2 Å². The zero-order chi connectivity index (χ0) is 63.3. The molecule has 0 fully saturated rings. The molecule has 0 aliphatic rings. The molecule has 0 aromatic heterocycles. The number of carbonyl (C=O) groups is 3. The van der Waals surface area contributed by atoms with Crippen LogP contribution in [0.4, 0.5) is 0 Å². The number of unbranched alkanes of at least 4 members (excludes halogenated alkanes) is 60. The highest BCUT2D eigenvalue weighted by atomic mass is 16.7. The van der Waals surface area contributed by atoms with Crippen LogP contribution in [0.2, 0.25) is 0 Å². The second-order valence-electron chi connectivity index (χ2n) is 28.4. The van der Waals surface area contributed by atoms with E-state index in [1.807, 2.05) is 21.1 Å². The van der Waals surface area contributed by atoms with Crippen molar-refractivity contribution in [3.05, 3.63) is 0 Å². The van der Waals surface area contributed by atoms with Gasteiger partial charge in [-0.3, -0.25) is 9.59 Å². The third kappa shape index (κ3) is 71.6. The third-order valence-electron chi connectivity index (χ3n) is 18.4. The standard InChI is InChI=1S/C78H153NO8/c1-6-8-10-12-14-16-18-20-22-24-26-28-30-32-34-35-36-37-38-39-40-41-42-43-45-47-49-51-53-55-57-59-61-63-65-67-69-76(81)87-74(73-86-78(77(82)83)84-71-70-79(3,4)5)72-85-75(80)68-66-64-62-60-58-56-54-52-50-48-46-44-33-31-29-27-25-23-21-19-17-15-13-11-9-7-2/h74,78H,6-73H2,1-5H3/p+1. The smallest absolute Gasteiger partial charge is 0.361 e. The van der Waals surface area contributed by atoms with Crippen molar-refractivity contribution in [2.75, 3.05) is 47.5 Å². The molecule has 0 spiro atoms. The summed E-state index contributed by atoms with van der Waals surface area (Å²) in [5, 5.41) is 9.76. The minimum atomic E-state index is -1.50. The fourth-order valence-electron chi connectivity index (χ4n) is 12.4. The number of ether oxygens (including phenoxy) is 4. The van der Waals surface area contributed by atoms with Gasteiger partial charge in [-0.2, -0.15) is 0 Å². The lowest BCUT2D eigenvalue weighted by molar-refractivity contribution is -0.870. The number of hydrogen-bond acceptors (Lipinski definition) is 7. The average Bonchev–Trinajstić information content (AvgIpc) is 3.56. The van der Waals surface area contributed by atoms with Crippen LogP contribution in [0, 0.1) is 0 Å². The second-order valence-corrected chi connectivity index (χ2v) is 28.4. The van der Waals surface area contributed by atoms with Crippen LogP contribution >= 0.6 is 0 Å².